The van der Waals surface area contributed by atoms with Crippen molar-refractivity contribution in [1.29, 1.82) is 0 Å². The van der Waals surface area contributed by atoms with Gasteiger partial charge in [-0.05, 0) is 12.1 Å². The van der Waals surface area contributed by atoms with Gasteiger partial charge in [-0.2, -0.15) is 13.2 Å². The second-order valence-electron chi connectivity index (χ2n) is 5.08. The Bertz CT molecular complexity index is 450. The minimum absolute atomic E-state index is 0. The predicted octanol–water partition coefficient (Wildman–Crippen LogP) is 3.15. The number of hydrogen-bond donors (Lipinski definition) is 2. The molecular formula is C13H19ClF3NO2. The van der Waals surface area contributed by atoms with Crippen molar-refractivity contribution in [3.8, 4) is 5.75 Å². The van der Waals surface area contributed by atoms with Crippen molar-refractivity contribution in [2.75, 3.05) is 13.7 Å². The van der Waals surface area contributed by atoms with Crippen LogP contribution in [0.15, 0.2) is 18.2 Å². The van der Waals surface area contributed by atoms with Crippen LogP contribution >= 0.6 is 12.4 Å². The summed E-state index contributed by atoms with van der Waals surface area (Å²) in [6, 6.07) is 2.55. The molecule has 0 aliphatic carbocycles. The number of methoxy groups -OCH3 is 1. The van der Waals surface area contributed by atoms with E-state index in [9.17, 15) is 18.3 Å². The molecule has 3 nitrogen and oxygen atoms in total. The molecular weight excluding hydrogens is 295 g/mol. The second-order valence-corrected chi connectivity index (χ2v) is 5.08. The Morgan fingerprint density at radius 2 is 1.85 bits per heavy atom. The first kappa shape index (κ1) is 19.0. The number of hydrogen-bond acceptors (Lipinski definition) is 3. The normalized spacial score (nSPS) is 13.6. The van der Waals surface area contributed by atoms with Crippen LogP contribution in [0.4, 0.5) is 13.2 Å². The van der Waals surface area contributed by atoms with Crippen LogP contribution in [0, 0.1) is 5.41 Å². The summed E-state index contributed by atoms with van der Waals surface area (Å²) in [5.74, 6) is 0.0730. The number of rotatable bonds is 4. The Morgan fingerprint density at radius 3 is 2.25 bits per heavy atom. The highest BCUT2D eigenvalue weighted by Crippen LogP contribution is 2.39. The fourth-order valence-corrected chi connectivity index (χ4v) is 1.66. The predicted molar refractivity (Wildman–Crippen MR) is 73.0 cm³/mol. The van der Waals surface area contributed by atoms with Gasteiger partial charge in [0.15, 0.2) is 0 Å². The molecule has 0 radical (unpaired) electrons. The highest BCUT2D eigenvalue weighted by molar-refractivity contribution is 5.85. The molecule has 1 atom stereocenters. The Morgan fingerprint density at radius 1 is 1.30 bits per heavy atom. The van der Waals surface area contributed by atoms with Gasteiger partial charge in [0.1, 0.15) is 5.75 Å². The lowest BCUT2D eigenvalue weighted by Crippen LogP contribution is -2.32. The van der Waals surface area contributed by atoms with E-state index < -0.39 is 23.2 Å². The molecule has 20 heavy (non-hydrogen) atoms. The Balaban J connectivity index is 0.00000361. The molecule has 1 aromatic rings. The highest BCUT2D eigenvalue weighted by atomic mass is 35.5. The summed E-state index contributed by atoms with van der Waals surface area (Å²) in [4.78, 5) is 0. The lowest BCUT2D eigenvalue weighted by molar-refractivity contribution is -0.137. The third kappa shape index (κ3) is 4.01. The standard InChI is InChI=1S/C13H18F3NO2.ClH/c1-12(2,7-18)11(17)9-5-4-8(13(14,15)16)6-10(9)19-3;/h4-6,11,18H,7,17H2,1-3H3;1H/t11-;/m0./s1. The van der Waals surface area contributed by atoms with Gasteiger partial charge in [-0.15, -0.1) is 12.4 Å². The third-order valence-corrected chi connectivity index (χ3v) is 3.15. The molecule has 1 rings (SSSR count). The van der Waals surface area contributed by atoms with Crippen molar-refractivity contribution in [2.45, 2.75) is 26.1 Å². The van der Waals surface area contributed by atoms with E-state index in [1.165, 1.54) is 13.2 Å². The average molecular weight is 314 g/mol. The first-order valence-electron chi connectivity index (χ1n) is 5.75. The molecule has 0 aliphatic rings. The van der Waals surface area contributed by atoms with Crippen LogP contribution in [0.5, 0.6) is 5.75 Å². The van der Waals surface area contributed by atoms with E-state index in [1.54, 1.807) is 13.8 Å². The Hall–Kier alpha value is -0.980. The van der Waals surface area contributed by atoms with Crippen LogP contribution in [-0.2, 0) is 6.18 Å². The van der Waals surface area contributed by atoms with Crippen molar-refractivity contribution >= 4 is 12.4 Å². The zero-order valence-electron chi connectivity index (χ0n) is 11.5. The van der Waals surface area contributed by atoms with E-state index in [1.807, 2.05) is 0 Å². The number of aliphatic hydroxyl groups excluding tert-OH is 1. The molecule has 0 saturated heterocycles. The number of ether oxygens (including phenoxy) is 1. The maximum absolute atomic E-state index is 12.6. The maximum Gasteiger partial charge on any atom is 0.416 e. The van der Waals surface area contributed by atoms with E-state index >= 15 is 0 Å². The zero-order valence-corrected chi connectivity index (χ0v) is 12.3. The molecule has 0 heterocycles. The second kappa shape index (κ2) is 6.65. The number of halogens is 4. The summed E-state index contributed by atoms with van der Waals surface area (Å²) in [5, 5.41) is 9.27. The quantitative estimate of drug-likeness (QED) is 0.898. The summed E-state index contributed by atoms with van der Waals surface area (Å²) in [6.07, 6.45) is -4.43. The topological polar surface area (TPSA) is 55.5 Å². The number of alkyl halides is 3. The molecule has 0 bridgehead atoms. The highest BCUT2D eigenvalue weighted by Gasteiger charge is 2.34. The smallest absolute Gasteiger partial charge is 0.416 e. The van der Waals surface area contributed by atoms with E-state index in [-0.39, 0.29) is 24.8 Å². The van der Waals surface area contributed by atoms with Crippen LogP contribution in [-0.4, -0.2) is 18.8 Å². The first-order chi connectivity index (χ1) is 8.63. The summed E-state index contributed by atoms with van der Waals surface area (Å²) < 4.78 is 42.8. The minimum atomic E-state index is -4.43. The van der Waals surface area contributed by atoms with Gasteiger partial charge >= 0.3 is 6.18 Å². The lowest BCUT2D eigenvalue weighted by atomic mass is 9.81. The molecule has 0 aliphatic heterocycles. The molecule has 0 saturated carbocycles. The molecule has 3 N–H and O–H groups in total. The van der Waals surface area contributed by atoms with E-state index in [0.29, 0.717) is 5.56 Å². The summed E-state index contributed by atoms with van der Waals surface area (Å²) >= 11 is 0. The van der Waals surface area contributed by atoms with Crippen molar-refractivity contribution in [2.24, 2.45) is 11.1 Å². The fourth-order valence-electron chi connectivity index (χ4n) is 1.66. The summed E-state index contributed by atoms with van der Waals surface area (Å²) in [6.45, 7) is 3.28. The van der Waals surface area contributed by atoms with Gasteiger partial charge < -0.3 is 15.6 Å². The largest absolute Gasteiger partial charge is 0.496 e. The van der Waals surface area contributed by atoms with Crippen molar-refractivity contribution in [1.82, 2.24) is 0 Å². The summed E-state index contributed by atoms with van der Waals surface area (Å²) in [5.41, 5.74) is 4.99. The van der Waals surface area contributed by atoms with E-state index in [4.69, 9.17) is 10.5 Å². The number of nitrogens with two attached hydrogens (primary N) is 1. The van der Waals surface area contributed by atoms with E-state index in [0.717, 1.165) is 12.1 Å². The maximum atomic E-state index is 12.6. The van der Waals surface area contributed by atoms with Gasteiger partial charge in [-0.1, -0.05) is 19.9 Å². The van der Waals surface area contributed by atoms with Crippen molar-refractivity contribution in [3.05, 3.63) is 29.3 Å². The van der Waals surface area contributed by atoms with Crippen LogP contribution in [0.1, 0.15) is 31.0 Å². The van der Waals surface area contributed by atoms with Crippen LogP contribution in [0.3, 0.4) is 0 Å². The van der Waals surface area contributed by atoms with Crippen molar-refractivity contribution < 1.29 is 23.0 Å². The third-order valence-electron chi connectivity index (χ3n) is 3.15. The van der Waals surface area contributed by atoms with Gasteiger partial charge in [-0.25, -0.2) is 0 Å². The van der Waals surface area contributed by atoms with Gasteiger partial charge in [-0.3, -0.25) is 0 Å². The molecule has 7 heteroatoms. The molecule has 1 aromatic carbocycles. The van der Waals surface area contributed by atoms with Crippen LogP contribution < -0.4 is 10.5 Å². The molecule has 0 fully saturated rings. The molecule has 0 aromatic heterocycles. The molecule has 0 amide bonds. The first-order valence-corrected chi connectivity index (χ1v) is 5.75. The van der Waals surface area contributed by atoms with Crippen molar-refractivity contribution in [3.63, 3.8) is 0 Å². The van der Waals surface area contributed by atoms with Crippen LogP contribution in [0.25, 0.3) is 0 Å². The van der Waals surface area contributed by atoms with Gasteiger partial charge in [0, 0.05) is 23.6 Å². The SMILES string of the molecule is COc1cc(C(F)(F)F)ccc1[C@H](N)C(C)(C)CO.Cl. The number of aliphatic hydroxyl groups is 1. The Labute approximate surface area is 122 Å². The van der Waals surface area contributed by atoms with Gasteiger partial charge in [0.05, 0.1) is 12.7 Å². The molecule has 0 unspecified atom stereocenters. The fraction of sp³-hybridized carbons (Fsp3) is 0.538. The minimum Gasteiger partial charge on any atom is -0.496 e. The average Bonchev–Trinajstić information content (AvgIpc) is 2.35. The molecule has 0 spiro atoms. The van der Waals surface area contributed by atoms with Crippen LogP contribution in [0.2, 0.25) is 0 Å². The van der Waals surface area contributed by atoms with Gasteiger partial charge in [0.2, 0.25) is 0 Å². The van der Waals surface area contributed by atoms with E-state index in [2.05, 4.69) is 0 Å². The number of benzene rings is 1. The molecule has 116 valence electrons. The Kier molecular flexibility index (Phi) is 6.32. The summed E-state index contributed by atoms with van der Waals surface area (Å²) in [7, 11) is 1.29. The van der Waals surface area contributed by atoms with Gasteiger partial charge in [0.25, 0.3) is 0 Å². The lowest BCUT2D eigenvalue weighted by Gasteiger charge is -2.31. The monoisotopic (exact) mass is 313 g/mol. The zero-order chi connectivity index (χ0) is 14.8.